The minimum atomic E-state index is -0.782. The maximum absolute atomic E-state index is 13.6. The largest absolute Gasteiger partial charge is 0.332 e. The third-order valence-electron chi connectivity index (χ3n) is 4.18. The zero-order valence-electron chi connectivity index (χ0n) is 13.8. The van der Waals surface area contributed by atoms with Gasteiger partial charge in [-0.25, -0.2) is 8.78 Å². The number of anilines is 1. The van der Waals surface area contributed by atoms with E-state index >= 15 is 0 Å². The van der Waals surface area contributed by atoms with Gasteiger partial charge in [-0.15, -0.1) is 0 Å². The maximum Gasteiger partial charge on any atom is 0.279 e. The first-order valence-corrected chi connectivity index (χ1v) is 8.10. The van der Waals surface area contributed by atoms with E-state index in [9.17, 15) is 13.6 Å². The number of amides is 1. The van der Waals surface area contributed by atoms with E-state index in [1.54, 1.807) is 0 Å². The number of nitrogens with one attached hydrogen (secondary N) is 1. The van der Waals surface area contributed by atoms with Crippen molar-refractivity contribution in [3.8, 4) is 0 Å². The fourth-order valence-electron chi connectivity index (χ4n) is 2.85. The van der Waals surface area contributed by atoms with Crippen LogP contribution in [0.15, 0.2) is 60.7 Å². The topological polar surface area (TPSA) is 45.7 Å². The minimum Gasteiger partial charge on any atom is -0.332 e. The molecule has 0 radical (unpaired) electrons. The summed E-state index contributed by atoms with van der Waals surface area (Å²) >= 11 is 0. The highest BCUT2D eigenvalue weighted by atomic mass is 19.1. The lowest BCUT2D eigenvalue weighted by Crippen LogP contribution is -2.86. The zero-order chi connectivity index (χ0) is 17.8. The van der Waals surface area contributed by atoms with Crippen molar-refractivity contribution in [3.63, 3.8) is 0 Å². The molecule has 25 heavy (non-hydrogen) atoms. The highest BCUT2D eigenvalue weighted by Crippen LogP contribution is 2.22. The van der Waals surface area contributed by atoms with Crippen molar-refractivity contribution in [1.29, 1.82) is 0 Å². The molecule has 0 saturated heterocycles. The fraction of sp³-hybridized carbons (Fsp3) is 0.150. The van der Waals surface area contributed by atoms with Gasteiger partial charge in [0.15, 0.2) is 6.54 Å². The Balaban J connectivity index is 1.65. The highest BCUT2D eigenvalue weighted by molar-refractivity contribution is 5.91. The van der Waals surface area contributed by atoms with Crippen LogP contribution in [0.25, 0.3) is 10.8 Å². The molecule has 1 atom stereocenters. The van der Waals surface area contributed by atoms with Crippen LogP contribution >= 0.6 is 0 Å². The lowest BCUT2D eigenvalue weighted by Gasteiger charge is -2.14. The summed E-state index contributed by atoms with van der Waals surface area (Å²) in [7, 11) is 0. The molecule has 3 nitrogen and oxygen atoms in total. The van der Waals surface area contributed by atoms with E-state index in [4.69, 9.17) is 0 Å². The molecule has 5 heteroatoms. The molecule has 3 aromatic carbocycles. The number of hydrogen-bond donors (Lipinski definition) is 2. The van der Waals surface area contributed by atoms with E-state index in [0.717, 1.165) is 28.5 Å². The number of halogens is 2. The molecule has 0 aliphatic rings. The number of carbonyl (C=O) groups is 1. The Bertz CT molecular complexity index is 906. The molecule has 0 spiro atoms. The summed E-state index contributed by atoms with van der Waals surface area (Å²) in [5.74, 6) is -1.79. The Labute approximate surface area is 144 Å². The van der Waals surface area contributed by atoms with E-state index in [2.05, 4.69) is 23.5 Å². The number of hydrogen-bond acceptors (Lipinski definition) is 1. The van der Waals surface area contributed by atoms with Gasteiger partial charge in [0.1, 0.15) is 17.7 Å². The van der Waals surface area contributed by atoms with E-state index < -0.39 is 11.6 Å². The summed E-state index contributed by atoms with van der Waals surface area (Å²) in [6.45, 7) is 2.16. The molecule has 0 aliphatic carbocycles. The predicted octanol–water partition coefficient (Wildman–Crippen LogP) is 3.38. The van der Waals surface area contributed by atoms with Gasteiger partial charge in [-0.1, -0.05) is 42.5 Å². The van der Waals surface area contributed by atoms with Gasteiger partial charge in [0.25, 0.3) is 5.91 Å². The second-order valence-electron chi connectivity index (χ2n) is 5.97. The Kier molecular flexibility index (Phi) is 5.05. The Morgan fingerprint density at radius 1 is 1.08 bits per heavy atom. The van der Waals surface area contributed by atoms with Crippen LogP contribution in [0.2, 0.25) is 0 Å². The molecule has 3 rings (SSSR count). The van der Waals surface area contributed by atoms with Crippen molar-refractivity contribution in [2.75, 3.05) is 11.9 Å². The van der Waals surface area contributed by atoms with Crippen LogP contribution in [-0.2, 0) is 4.79 Å². The summed E-state index contributed by atoms with van der Waals surface area (Å²) in [6, 6.07) is 17.3. The van der Waals surface area contributed by atoms with Crippen LogP contribution < -0.4 is 10.6 Å². The van der Waals surface area contributed by atoms with Crippen LogP contribution in [0.5, 0.6) is 0 Å². The Morgan fingerprint density at radius 3 is 2.64 bits per heavy atom. The monoisotopic (exact) mass is 341 g/mol. The Hall–Kier alpha value is -2.79. The summed E-state index contributed by atoms with van der Waals surface area (Å²) in [5.41, 5.74) is 1.12. The first-order chi connectivity index (χ1) is 12.0. The number of fused-ring (bicyclic) bond motifs is 1. The molecule has 0 fully saturated rings. The quantitative estimate of drug-likeness (QED) is 0.734. The van der Waals surface area contributed by atoms with Crippen molar-refractivity contribution < 1.29 is 18.9 Å². The molecule has 0 saturated carbocycles. The molecule has 0 bridgehead atoms. The van der Waals surface area contributed by atoms with Crippen molar-refractivity contribution in [2.24, 2.45) is 0 Å². The molecule has 128 valence electrons. The van der Waals surface area contributed by atoms with Crippen LogP contribution in [0.4, 0.5) is 14.5 Å². The molecule has 0 aromatic heterocycles. The van der Waals surface area contributed by atoms with Crippen molar-refractivity contribution in [2.45, 2.75) is 13.0 Å². The van der Waals surface area contributed by atoms with Crippen LogP contribution in [0, 0.1) is 11.6 Å². The summed E-state index contributed by atoms with van der Waals surface area (Å²) in [5, 5.41) is 6.66. The van der Waals surface area contributed by atoms with E-state index in [1.807, 2.05) is 36.5 Å². The smallest absolute Gasteiger partial charge is 0.279 e. The van der Waals surface area contributed by atoms with Gasteiger partial charge < -0.3 is 10.6 Å². The number of quaternary nitrogens is 1. The van der Waals surface area contributed by atoms with Gasteiger partial charge in [0, 0.05) is 11.6 Å². The van der Waals surface area contributed by atoms with Gasteiger partial charge in [0.2, 0.25) is 0 Å². The molecule has 0 heterocycles. The van der Waals surface area contributed by atoms with E-state index in [1.165, 1.54) is 6.07 Å². The maximum atomic E-state index is 13.6. The number of rotatable bonds is 5. The molecule has 0 unspecified atom stereocenters. The van der Waals surface area contributed by atoms with Gasteiger partial charge in [0.05, 0.1) is 5.69 Å². The standard InChI is InChI=1S/C20H18F2N2O/c1-13(16-8-4-6-14-5-2-3-7-17(14)16)23-12-20(25)24-19-10-9-15(21)11-18(19)22/h2-11,13,23H,12H2,1H3,(H,24,25)/p+1/t13-/m1/s1. The highest BCUT2D eigenvalue weighted by Gasteiger charge is 2.15. The van der Waals surface area contributed by atoms with E-state index in [0.29, 0.717) is 0 Å². The van der Waals surface area contributed by atoms with Crippen molar-refractivity contribution >= 4 is 22.4 Å². The molecular formula is C20H19F2N2O+. The lowest BCUT2D eigenvalue weighted by molar-refractivity contribution is -0.682. The van der Waals surface area contributed by atoms with Gasteiger partial charge >= 0.3 is 0 Å². The predicted molar refractivity (Wildman–Crippen MR) is 94.1 cm³/mol. The average molecular weight is 341 g/mol. The molecular weight excluding hydrogens is 322 g/mol. The fourth-order valence-corrected chi connectivity index (χ4v) is 2.85. The third kappa shape index (κ3) is 4.00. The lowest BCUT2D eigenvalue weighted by atomic mass is 10.00. The minimum absolute atomic E-state index is 0.0161. The second-order valence-corrected chi connectivity index (χ2v) is 5.97. The molecule has 0 aliphatic heterocycles. The second kappa shape index (κ2) is 7.40. The molecule has 1 amide bonds. The number of nitrogens with two attached hydrogens (primary N) is 1. The van der Waals surface area contributed by atoms with Gasteiger partial charge in [-0.2, -0.15) is 0 Å². The van der Waals surface area contributed by atoms with E-state index in [-0.39, 0.29) is 24.2 Å². The first kappa shape index (κ1) is 17.0. The SMILES string of the molecule is C[C@@H]([NH2+]CC(=O)Nc1ccc(F)cc1F)c1cccc2ccccc12. The Morgan fingerprint density at radius 2 is 1.84 bits per heavy atom. The number of carbonyl (C=O) groups excluding carboxylic acids is 1. The van der Waals surface area contributed by atoms with Crippen LogP contribution in [0.3, 0.4) is 0 Å². The summed E-state index contributed by atoms with van der Waals surface area (Å²) < 4.78 is 26.5. The van der Waals surface area contributed by atoms with Crippen LogP contribution in [0.1, 0.15) is 18.5 Å². The van der Waals surface area contributed by atoms with Crippen molar-refractivity contribution in [3.05, 3.63) is 77.9 Å². The van der Waals surface area contributed by atoms with Gasteiger partial charge in [-0.3, -0.25) is 4.79 Å². The van der Waals surface area contributed by atoms with Gasteiger partial charge in [-0.05, 0) is 29.8 Å². The third-order valence-corrected chi connectivity index (χ3v) is 4.18. The normalized spacial score (nSPS) is 12.1. The molecule has 3 N–H and O–H groups in total. The molecule has 3 aromatic rings. The average Bonchev–Trinajstić information content (AvgIpc) is 2.61. The van der Waals surface area contributed by atoms with Crippen LogP contribution in [-0.4, -0.2) is 12.5 Å². The summed E-state index contributed by atoms with van der Waals surface area (Å²) in [4.78, 5) is 12.0. The first-order valence-electron chi connectivity index (χ1n) is 8.10. The zero-order valence-corrected chi connectivity index (χ0v) is 13.8. The van der Waals surface area contributed by atoms with Crippen molar-refractivity contribution in [1.82, 2.24) is 0 Å². The number of benzene rings is 3. The summed E-state index contributed by atoms with van der Waals surface area (Å²) in [6.07, 6.45) is 0.